The molecule has 0 radical (unpaired) electrons. The Balaban J connectivity index is 2.10. The molecule has 2 unspecified atom stereocenters. The molecule has 0 aliphatic rings. The molecule has 1 rings (SSSR count). The molecule has 3 N–H and O–H groups in total. The van der Waals surface area contributed by atoms with Crippen LogP contribution in [0.4, 0.5) is 0 Å². The van der Waals surface area contributed by atoms with Crippen LogP contribution >= 0.6 is 11.3 Å². The Hall–Kier alpha value is -1.02. The molecule has 1 heterocycles. The summed E-state index contributed by atoms with van der Waals surface area (Å²) >= 11 is 1.62. The van der Waals surface area contributed by atoms with E-state index in [0.29, 0.717) is 19.7 Å². The number of carbonyl (C=O) groups is 1. The van der Waals surface area contributed by atoms with Crippen LogP contribution in [0.5, 0.6) is 0 Å². The molecule has 0 aromatic carbocycles. The maximum atomic E-state index is 11.5. The number of likely N-dealkylation sites (N-methyl/N-ethyl adjacent to an activating group) is 1. The van der Waals surface area contributed by atoms with Crippen molar-refractivity contribution >= 4 is 17.2 Å². The van der Waals surface area contributed by atoms with Crippen LogP contribution in [-0.2, 0) is 16.0 Å². The molecule has 0 aliphatic heterocycles. The van der Waals surface area contributed by atoms with E-state index in [2.05, 4.69) is 15.6 Å². The fourth-order valence-corrected chi connectivity index (χ4v) is 2.50. The number of hydrogen-bond acceptors (Lipinski definition) is 6. The van der Waals surface area contributed by atoms with Crippen LogP contribution in [0, 0.1) is 6.92 Å². The van der Waals surface area contributed by atoms with Crippen molar-refractivity contribution in [3.8, 4) is 0 Å². The first-order chi connectivity index (χ1) is 10.0. The summed E-state index contributed by atoms with van der Waals surface area (Å²) in [6.07, 6.45) is 0.191. The Bertz CT molecular complexity index is 425. The molecular weight excluding hydrogens is 290 g/mol. The predicted molar refractivity (Wildman–Crippen MR) is 83.5 cm³/mol. The summed E-state index contributed by atoms with van der Waals surface area (Å²) in [5, 5.41) is 15.5. The van der Waals surface area contributed by atoms with Gasteiger partial charge in [-0.15, -0.1) is 11.3 Å². The smallest absolute Gasteiger partial charge is 0.236 e. The largest absolute Gasteiger partial charge is 0.389 e. The fraction of sp³-hybridized carbons (Fsp3) is 0.714. The van der Waals surface area contributed by atoms with E-state index < -0.39 is 6.10 Å². The molecule has 0 saturated heterocycles. The number of carbonyl (C=O) groups excluding carboxylic acids is 1. The predicted octanol–water partition coefficient (Wildman–Crippen LogP) is 0.486. The average Bonchev–Trinajstić information content (AvgIpc) is 2.86. The van der Waals surface area contributed by atoms with Crippen LogP contribution in [0.25, 0.3) is 0 Å². The van der Waals surface area contributed by atoms with E-state index >= 15 is 0 Å². The minimum atomic E-state index is -0.621. The van der Waals surface area contributed by atoms with E-state index in [1.54, 1.807) is 18.3 Å². The minimum Gasteiger partial charge on any atom is -0.389 e. The lowest BCUT2D eigenvalue weighted by Gasteiger charge is -2.16. The molecule has 120 valence electrons. The van der Waals surface area contributed by atoms with Gasteiger partial charge in [0.05, 0.1) is 36.6 Å². The number of aromatic nitrogens is 1. The Morgan fingerprint density at radius 3 is 2.95 bits per heavy atom. The second-order valence-electron chi connectivity index (χ2n) is 4.86. The molecule has 1 aromatic rings. The van der Waals surface area contributed by atoms with E-state index in [0.717, 1.165) is 12.1 Å². The zero-order valence-corrected chi connectivity index (χ0v) is 13.7. The number of rotatable bonds is 10. The molecule has 0 saturated carbocycles. The number of thiazole rings is 1. The van der Waals surface area contributed by atoms with Crippen molar-refractivity contribution in [2.24, 2.45) is 0 Å². The molecule has 6 nitrogen and oxygen atoms in total. The summed E-state index contributed by atoms with van der Waals surface area (Å²) in [6, 6.07) is -0.320. The SMILES string of the molecule is CCNC(=O)C(C)NCC(O)COCCc1scnc1C. The van der Waals surface area contributed by atoms with Crippen LogP contribution in [0.3, 0.4) is 0 Å². The van der Waals surface area contributed by atoms with Crippen molar-refractivity contribution in [2.75, 3.05) is 26.3 Å². The van der Waals surface area contributed by atoms with Crippen molar-refractivity contribution in [2.45, 2.75) is 39.3 Å². The van der Waals surface area contributed by atoms with Gasteiger partial charge < -0.3 is 20.5 Å². The van der Waals surface area contributed by atoms with Crippen molar-refractivity contribution in [1.82, 2.24) is 15.6 Å². The van der Waals surface area contributed by atoms with Gasteiger partial charge >= 0.3 is 0 Å². The van der Waals surface area contributed by atoms with Gasteiger partial charge in [-0.1, -0.05) is 0 Å². The number of amides is 1. The standard InChI is InChI=1S/C14H25N3O3S/c1-4-15-14(19)11(3)16-7-12(18)8-20-6-5-13-10(2)17-9-21-13/h9,11-12,16,18H,4-8H2,1-3H3,(H,15,19). The van der Waals surface area contributed by atoms with Gasteiger partial charge in [-0.2, -0.15) is 0 Å². The van der Waals surface area contributed by atoms with Crippen molar-refractivity contribution in [3.63, 3.8) is 0 Å². The zero-order valence-electron chi connectivity index (χ0n) is 12.9. The van der Waals surface area contributed by atoms with Crippen LogP contribution in [0.1, 0.15) is 24.4 Å². The van der Waals surface area contributed by atoms with Crippen LogP contribution in [0.15, 0.2) is 5.51 Å². The van der Waals surface area contributed by atoms with Crippen LogP contribution < -0.4 is 10.6 Å². The van der Waals surface area contributed by atoms with Gasteiger partial charge in [-0.25, -0.2) is 4.98 Å². The normalized spacial score (nSPS) is 13.9. The third kappa shape index (κ3) is 6.99. The Morgan fingerprint density at radius 1 is 1.57 bits per heavy atom. The van der Waals surface area contributed by atoms with Gasteiger partial charge in [0.25, 0.3) is 0 Å². The van der Waals surface area contributed by atoms with Gasteiger partial charge in [0.15, 0.2) is 0 Å². The molecule has 2 atom stereocenters. The van der Waals surface area contributed by atoms with Crippen LogP contribution in [0.2, 0.25) is 0 Å². The van der Waals surface area contributed by atoms with Gasteiger partial charge in [0.2, 0.25) is 5.91 Å². The van der Waals surface area contributed by atoms with Gasteiger partial charge in [0, 0.05) is 24.4 Å². The lowest BCUT2D eigenvalue weighted by atomic mass is 10.3. The second-order valence-corrected chi connectivity index (χ2v) is 5.80. The molecule has 0 bridgehead atoms. The highest BCUT2D eigenvalue weighted by Crippen LogP contribution is 2.12. The lowest BCUT2D eigenvalue weighted by Crippen LogP contribution is -2.45. The first-order valence-corrected chi connectivity index (χ1v) is 8.08. The topological polar surface area (TPSA) is 83.5 Å². The zero-order chi connectivity index (χ0) is 15.7. The third-order valence-electron chi connectivity index (χ3n) is 3.03. The summed E-state index contributed by atoms with van der Waals surface area (Å²) in [5.41, 5.74) is 2.87. The highest BCUT2D eigenvalue weighted by molar-refractivity contribution is 7.09. The number of nitrogens with zero attached hydrogens (tertiary/aromatic N) is 1. The monoisotopic (exact) mass is 315 g/mol. The summed E-state index contributed by atoms with van der Waals surface area (Å²) in [5.74, 6) is -0.0636. The lowest BCUT2D eigenvalue weighted by molar-refractivity contribution is -0.122. The summed E-state index contributed by atoms with van der Waals surface area (Å²) < 4.78 is 5.45. The van der Waals surface area contributed by atoms with Crippen molar-refractivity contribution in [3.05, 3.63) is 16.1 Å². The Labute approximate surface area is 129 Å². The molecule has 1 amide bonds. The van der Waals surface area contributed by atoms with Gasteiger partial charge in [-0.3, -0.25) is 4.79 Å². The maximum absolute atomic E-state index is 11.5. The van der Waals surface area contributed by atoms with E-state index in [9.17, 15) is 9.90 Å². The van der Waals surface area contributed by atoms with Crippen LogP contribution in [-0.4, -0.2) is 54.4 Å². The highest BCUT2D eigenvalue weighted by Gasteiger charge is 2.13. The number of hydrogen-bond donors (Lipinski definition) is 3. The van der Waals surface area contributed by atoms with Gasteiger partial charge in [-0.05, 0) is 20.8 Å². The summed E-state index contributed by atoms with van der Waals surface area (Å²) in [7, 11) is 0. The quantitative estimate of drug-likeness (QED) is 0.547. The average molecular weight is 315 g/mol. The molecule has 1 aromatic heterocycles. The number of nitrogens with one attached hydrogen (secondary N) is 2. The highest BCUT2D eigenvalue weighted by atomic mass is 32.1. The number of aliphatic hydroxyl groups is 1. The minimum absolute atomic E-state index is 0.0636. The molecule has 21 heavy (non-hydrogen) atoms. The summed E-state index contributed by atoms with van der Waals surface area (Å²) in [6.45, 7) is 7.38. The van der Waals surface area contributed by atoms with E-state index in [1.807, 2.05) is 19.4 Å². The second kappa shape index (κ2) is 9.83. The van der Waals surface area contributed by atoms with Crippen molar-refractivity contribution in [1.29, 1.82) is 0 Å². The molecular formula is C14H25N3O3S. The number of aryl methyl sites for hydroxylation is 1. The molecule has 7 heteroatoms. The number of aliphatic hydroxyl groups excluding tert-OH is 1. The van der Waals surface area contributed by atoms with Crippen molar-refractivity contribution < 1.29 is 14.6 Å². The molecule has 0 spiro atoms. The molecule has 0 aliphatic carbocycles. The Kier molecular flexibility index (Phi) is 8.44. The molecule has 0 fully saturated rings. The van der Waals surface area contributed by atoms with E-state index in [4.69, 9.17) is 4.74 Å². The number of ether oxygens (including phenoxy) is 1. The van der Waals surface area contributed by atoms with E-state index in [-0.39, 0.29) is 18.6 Å². The summed E-state index contributed by atoms with van der Waals surface area (Å²) in [4.78, 5) is 16.9. The first-order valence-electron chi connectivity index (χ1n) is 7.20. The maximum Gasteiger partial charge on any atom is 0.236 e. The first kappa shape index (κ1) is 18.0. The van der Waals surface area contributed by atoms with E-state index in [1.165, 1.54) is 4.88 Å². The third-order valence-corrected chi connectivity index (χ3v) is 4.03. The van der Waals surface area contributed by atoms with Gasteiger partial charge in [0.1, 0.15) is 0 Å². The fourth-order valence-electron chi connectivity index (χ4n) is 1.74. The Morgan fingerprint density at radius 2 is 2.33 bits per heavy atom.